The third kappa shape index (κ3) is 3.50. The molecule has 0 aliphatic heterocycles. The van der Waals surface area contributed by atoms with Gasteiger partial charge < -0.3 is 0 Å². The Morgan fingerprint density at radius 2 is 1.51 bits per heavy atom. The van der Waals surface area contributed by atoms with E-state index >= 15 is 0 Å². The van der Waals surface area contributed by atoms with Crippen molar-refractivity contribution < 1.29 is 0 Å². The van der Waals surface area contributed by atoms with Crippen LogP contribution in [-0.4, -0.2) is 9.55 Å². The van der Waals surface area contributed by atoms with Crippen LogP contribution < -0.4 is 0 Å². The van der Waals surface area contributed by atoms with Crippen molar-refractivity contribution in [3.05, 3.63) is 119 Å². The number of rotatable bonds is 3. The highest BCUT2D eigenvalue weighted by Crippen LogP contribution is 2.40. The highest BCUT2D eigenvalue weighted by molar-refractivity contribution is 7.17. The minimum atomic E-state index is 0.986. The zero-order chi connectivity index (χ0) is 25.1. The lowest BCUT2D eigenvalue weighted by molar-refractivity contribution is 1.10. The van der Waals surface area contributed by atoms with E-state index in [1.54, 1.807) is 11.3 Å². The van der Waals surface area contributed by atoms with Crippen LogP contribution in [0.3, 0.4) is 0 Å². The second-order valence-corrected chi connectivity index (χ2v) is 10.8. The molecule has 0 fully saturated rings. The summed E-state index contributed by atoms with van der Waals surface area (Å²) in [5.74, 6) is 0.986. The van der Waals surface area contributed by atoms with Crippen LogP contribution in [0.4, 0.5) is 0 Å². The van der Waals surface area contributed by atoms with Gasteiger partial charge in [0.15, 0.2) is 0 Å². The number of benzene rings is 5. The van der Waals surface area contributed by atoms with Crippen LogP contribution in [-0.2, 0) is 0 Å². The predicted molar refractivity (Wildman–Crippen MR) is 159 cm³/mol. The molecule has 0 N–H and O–H groups in total. The Morgan fingerprint density at radius 3 is 2.38 bits per heavy atom. The second kappa shape index (κ2) is 8.43. The van der Waals surface area contributed by atoms with Gasteiger partial charge in [0, 0.05) is 26.7 Å². The van der Waals surface area contributed by atoms with Gasteiger partial charge in [-0.05, 0) is 90.2 Å². The summed E-state index contributed by atoms with van der Waals surface area (Å²) in [7, 11) is 0. The van der Waals surface area contributed by atoms with Gasteiger partial charge in [-0.25, -0.2) is 4.98 Å². The molecule has 5 aromatic carbocycles. The van der Waals surface area contributed by atoms with E-state index in [4.69, 9.17) is 4.98 Å². The molecule has 0 spiro atoms. The van der Waals surface area contributed by atoms with Crippen LogP contribution >= 0.6 is 11.3 Å². The maximum Gasteiger partial charge on any atom is 0.147 e. The topological polar surface area (TPSA) is 17.8 Å². The molecular weight excluding hydrogens is 468 g/mol. The summed E-state index contributed by atoms with van der Waals surface area (Å²) in [4.78, 5) is 5.15. The van der Waals surface area contributed by atoms with Crippen LogP contribution in [0.2, 0.25) is 0 Å². The molecule has 3 heteroatoms. The van der Waals surface area contributed by atoms with Crippen molar-refractivity contribution >= 4 is 43.2 Å². The van der Waals surface area contributed by atoms with Gasteiger partial charge in [-0.1, -0.05) is 66.2 Å². The maximum absolute atomic E-state index is 5.15. The summed E-state index contributed by atoms with van der Waals surface area (Å²) in [6.07, 6.45) is 0. The Hall–Kier alpha value is -4.21. The number of aromatic nitrogens is 2. The number of hydrogen-bond acceptors (Lipinski definition) is 2. The molecule has 7 rings (SSSR count). The largest absolute Gasteiger partial charge is 0.292 e. The van der Waals surface area contributed by atoms with Gasteiger partial charge >= 0.3 is 0 Å². The fourth-order valence-electron chi connectivity index (χ4n) is 5.66. The first-order valence-corrected chi connectivity index (χ1v) is 13.5. The van der Waals surface area contributed by atoms with Crippen LogP contribution in [0.15, 0.2) is 102 Å². The summed E-state index contributed by atoms with van der Waals surface area (Å²) in [5, 5.41) is 6.12. The van der Waals surface area contributed by atoms with Gasteiger partial charge in [-0.15, -0.1) is 11.3 Å². The second-order valence-electron chi connectivity index (χ2n) is 9.87. The quantitative estimate of drug-likeness (QED) is 0.239. The summed E-state index contributed by atoms with van der Waals surface area (Å²) < 4.78 is 3.58. The molecule has 37 heavy (non-hydrogen) atoms. The molecule has 0 atom stereocenters. The van der Waals surface area contributed by atoms with Crippen LogP contribution in [0.5, 0.6) is 0 Å². The normalized spacial score (nSPS) is 11.6. The summed E-state index contributed by atoms with van der Waals surface area (Å²) in [6, 6.07) is 35.0. The molecule has 0 aliphatic carbocycles. The van der Waals surface area contributed by atoms with E-state index in [2.05, 4.69) is 128 Å². The van der Waals surface area contributed by atoms with Gasteiger partial charge in [0.05, 0.1) is 11.0 Å². The fraction of sp³-hybridized carbons (Fsp3) is 0.0882. The number of thiophene rings is 1. The van der Waals surface area contributed by atoms with Crippen molar-refractivity contribution in [3.63, 3.8) is 0 Å². The molecule has 0 bridgehead atoms. The monoisotopic (exact) mass is 494 g/mol. The Bertz CT molecular complexity index is 1950. The first-order valence-electron chi connectivity index (χ1n) is 12.6. The number of fused-ring (bicyclic) bond motifs is 3. The van der Waals surface area contributed by atoms with Gasteiger partial charge in [0.25, 0.3) is 0 Å². The van der Waals surface area contributed by atoms with E-state index in [1.165, 1.54) is 54.2 Å². The molecule has 2 aromatic heterocycles. The molecule has 0 saturated carbocycles. The van der Waals surface area contributed by atoms with Crippen LogP contribution in [0, 0.1) is 20.8 Å². The van der Waals surface area contributed by atoms with Crippen molar-refractivity contribution in [1.82, 2.24) is 9.55 Å². The molecule has 0 aliphatic rings. The molecular formula is C34H26N2S. The third-order valence-corrected chi connectivity index (χ3v) is 8.43. The number of aryl methyl sites for hydroxylation is 3. The maximum atomic E-state index is 5.15. The summed E-state index contributed by atoms with van der Waals surface area (Å²) in [6.45, 7) is 6.60. The summed E-state index contributed by atoms with van der Waals surface area (Å²) >= 11 is 1.79. The first kappa shape index (κ1) is 22.0. The molecule has 7 aromatic rings. The Kier molecular flexibility index (Phi) is 5.02. The Labute approximate surface area is 220 Å². The van der Waals surface area contributed by atoms with E-state index in [9.17, 15) is 0 Å². The van der Waals surface area contributed by atoms with E-state index in [0.29, 0.717) is 0 Å². The van der Waals surface area contributed by atoms with Gasteiger partial charge in [-0.3, -0.25) is 4.57 Å². The van der Waals surface area contributed by atoms with Crippen molar-refractivity contribution in [1.29, 1.82) is 0 Å². The molecule has 0 unspecified atom stereocenters. The lowest BCUT2D eigenvalue weighted by atomic mass is 9.90. The van der Waals surface area contributed by atoms with E-state index < -0.39 is 0 Å². The Morgan fingerprint density at radius 1 is 0.730 bits per heavy atom. The van der Waals surface area contributed by atoms with Crippen molar-refractivity contribution in [2.45, 2.75) is 20.8 Å². The molecule has 2 nitrogen and oxygen atoms in total. The minimum absolute atomic E-state index is 0.986. The SMILES string of the molecule is Cc1ccc(-n2c(-c3csc4ccc(-c5c(C)cc6ccccc6c5C)cc34)nc3ccccc32)cc1. The average Bonchev–Trinajstić information content (AvgIpc) is 3.50. The molecule has 0 saturated heterocycles. The lowest BCUT2D eigenvalue weighted by Gasteiger charge is -2.14. The van der Waals surface area contributed by atoms with Crippen molar-refractivity contribution in [2.75, 3.05) is 0 Å². The first-order chi connectivity index (χ1) is 18.1. The average molecular weight is 495 g/mol. The van der Waals surface area contributed by atoms with E-state index in [0.717, 1.165) is 22.5 Å². The highest BCUT2D eigenvalue weighted by Gasteiger charge is 2.19. The zero-order valence-corrected chi connectivity index (χ0v) is 21.9. The zero-order valence-electron chi connectivity index (χ0n) is 21.1. The van der Waals surface area contributed by atoms with Crippen LogP contribution in [0.25, 0.3) is 60.1 Å². The predicted octanol–water partition coefficient (Wildman–Crippen LogP) is 9.65. The highest BCUT2D eigenvalue weighted by atomic mass is 32.1. The molecule has 0 radical (unpaired) electrons. The van der Waals surface area contributed by atoms with Crippen LogP contribution in [0.1, 0.15) is 16.7 Å². The third-order valence-electron chi connectivity index (χ3n) is 7.46. The Balaban J connectivity index is 1.48. The number of imidazole rings is 1. The standard InChI is InChI=1S/C34H26N2S/c1-21-12-15-26(16-13-21)36-31-11-7-6-10-30(31)35-34(36)29-20-37-32-17-14-25(19-28(29)32)33-22(2)18-24-8-4-5-9-27(24)23(33)3/h4-20H,1-3H3. The minimum Gasteiger partial charge on any atom is -0.292 e. The smallest absolute Gasteiger partial charge is 0.147 e. The fourth-order valence-corrected chi connectivity index (χ4v) is 6.58. The van der Waals surface area contributed by atoms with Crippen molar-refractivity contribution in [2.24, 2.45) is 0 Å². The van der Waals surface area contributed by atoms with Gasteiger partial charge in [0.2, 0.25) is 0 Å². The van der Waals surface area contributed by atoms with Crippen molar-refractivity contribution in [3.8, 4) is 28.2 Å². The lowest BCUT2D eigenvalue weighted by Crippen LogP contribution is -1.97. The van der Waals surface area contributed by atoms with E-state index in [-0.39, 0.29) is 0 Å². The number of para-hydroxylation sites is 2. The number of hydrogen-bond donors (Lipinski definition) is 0. The molecule has 178 valence electrons. The molecule has 2 heterocycles. The van der Waals surface area contributed by atoms with E-state index in [1.807, 2.05) is 0 Å². The van der Waals surface area contributed by atoms with Gasteiger partial charge in [-0.2, -0.15) is 0 Å². The molecule has 0 amide bonds. The van der Waals surface area contributed by atoms with Gasteiger partial charge in [0.1, 0.15) is 5.82 Å². The summed E-state index contributed by atoms with van der Waals surface area (Å²) in [5.41, 5.74) is 10.9. The number of nitrogens with zero attached hydrogens (tertiary/aromatic N) is 2.